The molecule has 1 saturated heterocycles. The molecule has 0 radical (unpaired) electrons. The highest BCUT2D eigenvalue weighted by Gasteiger charge is 2.28. The van der Waals surface area contributed by atoms with E-state index in [2.05, 4.69) is 25.5 Å². The molecule has 0 atom stereocenters. The number of carbonyl (C=O) groups excluding carboxylic acids is 2. The molecular formula is C22H22N6O2S. The maximum Gasteiger partial charge on any atom is 0.287 e. The van der Waals surface area contributed by atoms with E-state index in [9.17, 15) is 9.59 Å². The number of thiazole rings is 1. The predicted octanol–water partition coefficient (Wildman–Crippen LogP) is 2.40. The summed E-state index contributed by atoms with van der Waals surface area (Å²) in [7, 11) is 0. The summed E-state index contributed by atoms with van der Waals surface area (Å²) in [4.78, 5) is 38.3. The quantitative estimate of drug-likeness (QED) is 0.655. The molecule has 0 spiro atoms. The molecule has 9 heteroatoms. The van der Waals surface area contributed by atoms with Crippen molar-refractivity contribution in [1.82, 2.24) is 15.3 Å². The first-order valence-electron chi connectivity index (χ1n) is 10.3. The number of pyridine rings is 1. The van der Waals surface area contributed by atoms with E-state index < -0.39 is 0 Å². The van der Waals surface area contributed by atoms with Crippen LogP contribution in [0.4, 0.5) is 17.1 Å². The molecule has 2 aliphatic rings. The van der Waals surface area contributed by atoms with Crippen molar-refractivity contribution >= 4 is 40.2 Å². The highest BCUT2D eigenvalue weighted by atomic mass is 32.1. The number of benzene rings is 1. The van der Waals surface area contributed by atoms with Crippen molar-refractivity contribution in [3.63, 3.8) is 0 Å². The van der Waals surface area contributed by atoms with Crippen molar-refractivity contribution in [2.24, 2.45) is 0 Å². The van der Waals surface area contributed by atoms with Crippen LogP contribution in [0.2, 0.25) is 0 Å². The summed E-state index contributed by atoms with van der Waals surface area (Å²) in [5.41, 5.74) is 3.89. The summed E-state index contributed by atoms with van der Waals surface area (Å²) in [5, 5.41) is 8.19. The van der Waals surface area contributed by atoms with Crippen LogP contribution in [0.1, 0.15) is 25.9 Å². The van der Waals surface area contributed by atoms with E-state index in [0.717, 1.165) is 49.5 Å². The lowest BCUT2D eigenvalue weighted by molar-refractivity contribution is 0.0989. The Hall–Kier alpha value is -3.30. The number of piperazine rings is 1. The third kappa shape index (κ3) is 3.89. The Kier molecular flexibility index (Phi) is 5.35. The van der Waals surface area contributed by atoms with Gasteiger partial charge in [-0.2, -0.15) is 0 Å². The van der Waals surface area contributed by atoms with Crippen LogP contribution in [-0.2, 0) is 6.42 Å². The molecule has 3 aromatic rings. The van der Waals surface area contributed by atoms with Crippen LogP contribution >= 0.6 is 11.3 Å². The second kappa shape index (κ2) is 8.44. The van der Waals surface area contributed by atoms with Gasteiger partial charge in [-0.1, -0.05) is 18.2 Å². The van der Waals surface area contributed by atoms with Gasteiger partial charge in [0.15, 0.2) is 5.01 Å². The number of aromatic nitrogens is 2. The Bertz CT molecular complexity index is 1120. The smallest absolute Gasteiger partial charge is 0.287 e. The molecule has 2 aromatic heterocycles. The fraction of sp³-hybridized carbons (Fsp3) is 0.273. The van der Waals surface area contributed by atoms with Gasteiger partial charge < -0.3 is 20.4 Å². The molecule has 2 aliphatic heterocycles. The summed E-state index contributed by atoms with van der Waals surface area (Å²) in [6.07, 6.45) is 4.20. The molecule has 1 fully saturated rings. The number of carbonyl (C=O) groups is 2. The number of amides is 2. The van der Waals surface area contributed by atoms with Gasteiger partial charge in [0, 0.05) is 50.0 Å². The summed E-state index contributed by atoms with van der Waals surface area (Å²) in [6.45, 7) is 4.14. The van der Waals surface area contributed by atoms with Gasteiger partial charge in [0.05, 0.1) is 17.6 Å². The van der Waals surface area contributed by atoms with Crippen molar-refractivity contribution in [3.8, 4) is 0 Å². The first-order chi connectivity index (χ1) is 15.2. The lowest BCUT2D eigenvalue weighted by Crippen LogP contribution is -2.43. The number of para-hydroxylation sites is 1. The van der Waals surface area contributed by atoms with Gasteiger partial charge in [0.2, 0.25) is 0 Å². The van der Waals surface area contributed by atoms with Crippen LogP contribution in [-0.4, -0.2) is 54.5 Å². The van der Waals surface area contributed by atoms with Gasteiger partial charge in [0.25, 0.3) is 11.8 Å². The number of nitrogens with one attached hydrogen (secondary N) is 2. The molecule has 8 nitrogen and oxygen atoms in total. The van der Waals surface area contributed by atoms with E-state index >= 15 is 0 Å². The summed E-state index contributed by atoms with van der Waals surface area (Å²) in [6, 6.07) is 9.79. The second-order valence-electron chi connectivity index (χ2n) is 7.46. The summed E-state index contributed by atoms with van der Waals surface area (Å²) >= 11 is 1.19. The molecule has 2 N–H and O–H groups in total. The van der Waals surface area contributed by atoms with Gasteiger partial charge in [0.1, 0.15) is 5.69 Å². The van der Waals surface area contributed by atoms with Gasteiger partial charge >= 0.3 is 0 Å². The Morgan fingerprint density at radius 3 is 2.77 bits per heavy atom. The zero-order valence-corrected chi connectivity index (χ0v) is 17.7. The van der Waals surface area contributed by atoms with Crippen LogP contribution in [0.25, 0.3) is 0 Å². The number of rotatable bonds is 4. The van der Waals surface area contributed by atoms with E-state index in [1.54, 1.807) is 22.7 Å². The first-order valence-corrected chi connectivity index (χ1v) is 11.1. The molecule has 0 saturated carbocycles. The predicted molar refractivity (Wildman–Crippen MR) is 121 cm³/mol. The first kappa shape index (κ1) is 19.7. The minimum Gasteiger partial charge on any atom is -0.367 e. The zero-order valence-electron chi connectivity index (χ0n) is 16.9. The van der Waals surface area contributed by atoms with Crippen LogP contribution in [0.5, 0.6) is 0 Å². The number of hydrogen-bond acceptors (Lipinski definition) is 7. The van der Waals surface area contributed by atoms with Crippen molar-refractivity contribution in [2.75, 3.05) is 47.8 Å². The molecule has 4 heterocycles. The van der Waals surface area contributed by atoms with Gasteiger partial charge in [-0.15, -0.1) is 11.3 Å². The van der Waals surface area contributed by atoms with Crippen molar-refractivity contribution in [1.29, 1.82) is 0 Å². The standard InChI is InChI=1S/C22H22N6O2S/c29-20(25-16-13-24-7-5-19(16)27-11-8-23-9-12-27)17-14-31-21(26-17)22(30)28-10-6-15-3-1-2-4-18(15)28/h1-5,7,13-14,23H,6,8-12H2,(H,25,29). The Balaban J connectivity index is 1.32. The van der Waals surface area contributed by atoms with E-state index in [1.165, 1.54) is 11.3 Å². The molecule has 5 rings (SSSR count). The van der Waals surface area contributed by atoms with Gasteiger partial charge in [-0.05, 0) is 24.1 Å². The average Bonchev–Trinajstić information content (AvgIpc) is 3.47. The molecule has 0 unspecified atom stereocenters. The van der Waals surface area contributed by atoms with E-state index in [-0.39, 0.29) is 17.5 Å². The SMILES string of the molecule is O=C(Nc1cnccc1N1CCNCC1)c1csc(C(=O)N2CCc3ccccc32)n1. The molecule has 2 amide bonds. The Morgan fingerprint density at radius 1 is 1.06 bits per heavy atom. The van der Waals surface area contributed by atoms with Gasteiger partial charge in [-0.25, -0.2) is 4.98 Å². The van der Waals surface area contributed by atoms with Crippen LogP contribution < -0.4 is 20.4 Å². The van der Waals surface area contributed by atoms with E-state index in [1.807, 2.05) is 30.3 Å². The average molecular weight is 435 g/mol. The Morgan fingerprint density at radius 2 is 1.90 bits per heavy atom. The topological polar surface area (TPSA) is 90.5 Å². The molecular weight excluding hydrogens is 412 g/mol. The molecule has 158 valence electrons. The van der Waals surface area contributed by atoms with Gasteiger partial charge in [-0.3, -0.25) is 14.6 Å². The lowest BCUT2D eigenvalue weighted by atomic mass is 10.2. The molecule has 0 bridgehead atoms. The maximum absolute atomic E-state index is 13.0. The summed E-state index contributed by atoms with van der Waals surface area (Å²) < 4.78 is 0. The third-order valence-corrected chi connectivity index (χ3v) is 6.39. The van der Waals surface area contributed by atoms with Crippen molar-refractivity contribution in [2.45, 2.75) is 6.42 Å². The van der Waals surface area contributed by atoms with E-state index in [4.69, 9.17) is 0 Å². The molecule has 0 aliphatic carbocycles. The van der Waals surface area contributed by atoms with Crippen LogP contribution in [0, 0.1) is 0 Å². The highest BCUT2D eigenvalue weighted by Crippen LogP contribution is 2.30. The lowest BCUT2D eigenvalue weighted by Gasteiger charge is -2.30. The number of nitrogens with zero attached hydrogens (tertiary/aromatic N) is 4. The fourth-order valence-electron chi connectivity index (χ4n) is 3.99. The van der Waals surface area contributed by atoms with Crippen LogP contribution in [0.3, 0.4) is 0 Å². The van der Waals surface area contributed by atoms with Crippen molar-refractivity contribution in [3.05, 3.63) is 64.4 Å². The monoisotopic (exact) mass is 434 g/mol. The summed E-state index contributed by atoms with van der Waals surface area (Å²) in [5.74, 6) is -0.515. The van der Waals surface area contributed by atoms with Crippen molar-refractivity contribution < 1.29 is 9.59 Å². The minimum absolute atomic E-state index is 0.170. The minimum atomic E-state index is -0.346. The number of fused-ring (bicyclic) bond motifs is 1. The highest BCUT2D eigenvalue weighted by molar-refractivity contribution is 7.12. The number of hydrogen-bond donors (Lipinski definition) is 2. The largest absolute Gasteiger partial charge is 0.367 e. The second-order valence-corrected chi connectivity index (χ2v) is 8.32. The van der Waals surface area contributed by atoms with E-state index in [0.29, 0.717) is 17.2 Å². The fourth-order valence-corrected chi connectivity index (χ4v) is 4.74. The molecule has 1 aromatic carbocycles. The maximum atomic E-state index is 13.0. The third-order valence-electron chi connectivity index (χ3n) is 5.56. The van der Waals surface area contributed by atoms with Crippen LogP contribution in [0.15, 0.2) is 48.1 Å². The number of anilines is 3. The Labute approximate surface area is 183 Å². The zero-order chi connectivity index (χ0) is 21.2. The normalized spacial score (nSPS) is 15.6. The molecule has 31 heavy (non-hydrogen) atoms.